The number of para-hydroxylation sites is 1. The molecule has 6 nitrogen and oxygen atoms in total. The molecule has 0 fully saturated rings. The fraction of sp³-hybridized carbons (Fsp3) is 0.227. The minimum absolute atomic E-state index is 0.129. The summed E-state index contributed by atoms with van der Waals surface area (Å²) in [6.45, 7) is 10.2. The Balaban J connectivity index is 2.00. The van der Waals surface area contributed by atoms with Crippen LogP contribution in [0.25, 0.3) is 5.52 Å². The number of anilines is 1. The van der Waals surface area contributed by atoms with Crippen molar-refractivity contribution < 1.29 is 9.59 Å². The number of rotatable bonds is 5. The summed E-state index contributed by atoms with van der Waals surface area (Å²) < 4.78 is 1.61. The number of hydrogen-bond acceptors (Lipinski definition) is 3. The van der Waals surface area contributed by atoms with Crippen molar-refractivity contribution in [1.29, 1.82) is 0 Å². The average molecular weight is 376 g/mol. The van der Waals surface area contributed by atoms with Gasteiger partial charge in [-0.1, -0.05) is 51.1 Å². The molecule has 1 aromatic carbocycles. The summed E-state index contributed by atoms with van der Waals surface area (Å²) in [5.41, 5.74) is 2.39. The van der Waals surface area contributed by atoms with Crippen LogP contribution in [0.3, 0.4) is 0 Å². The maximum atomic E-state index is 13.0. The van der Waals surface area contributed by atoms with Crippen molar-refractivity contribution in [3.63, 3.8) is 0 Å². The zero-order valence-corrected chi connectivity index (χ0v) is 16.3. The molecule has 6 heteroatoms. The second-order valence-electron chi connectivity index (χ2n) is 7.49. The van der Waals surface area contributed by atoms with Gasteiger partial charge < -0.3 is 10.6 Å². The van der Waals surface area contributed by atoms with E-state index in [-0.39, 0.29) is 28.7 Å². The molecule has 0 aliphatic carbocycles. The Kier molecular flexibility index (Phi) is 5.31. The molecule has 0 radical (unpaired) electrons. The van der Waals surface area contributed by atoms with Crippen molar-refractivity contribution in [3.8, 4) is 0 Å². The molecule has 0 aliphatic heterocycles. The molecule has 144 valence electrons. The van der Waals surface area contributed by atoms with Crippen molar-refractivity contribution in [2.75, 3.05) is 11.9 Å². The number of nitrogens with one attached hydrogen (secondary N) is 2. The van der Waals surface area contributed by atoms with Crippen LogP contribution in [0.15, 0.2) is 61.3 Å². The maximum Gasteiger partial charge on any atom is 0.287 e. The van der Waals surface area contributed by atoms with E-state index in [2.05, 4.69) is 43.0 Å². The van der Waals surface area contributed by atoms with Gasteiger partial charge in [0.25, 0.3) is 11.8 Å². The monoisotopic (exact) mass is 376 g/mol. The molecule has 2 N–H and O–H groups in total. The van der Waals surface area contributed by atoms with E-state index >= 15 is 0 Å². The van der Waals surface area contributed by atoms with Gasteiger partial charge in [-0.2, -0.15) is 0 Å². The number of hydrogen-bond donors (Lipinski definition) is 2. The summed E-state index contributed by atoms with van der Waals surface area (Å²) in [5, 5.41) is 5.66. The van der Waals surface area contributed by atoms with Crippen LogP contribution in [0.2, 0.25) is 0 Å². The first-order valence-corrected chi connectivity index (χ1v) is 9.10. The lowest BCUT2D eigenvalue weighted by molar-refractivity contribution is 0.0947. The number of pyridine rings is 1. The minimum atomic E-state index is -0.366. The van der Waals surface area contributed by atoms with Crippen LogP contribution in [-0.2, 0) is 5.41 Å². The van der Waals surface area contributed by atoms with Gasteiger partial charge in [-0.05, 0) is 29.2 Å². The number of amides is 2. The molecular weight excluding hydrogens is 352 g/mol. The zero-order valence-electron chi connectivity index (χ0n) is 16.3. The van der Waals surface area contributed by atoms with E-state index in [0.29, 0.717) is 12.1 Å². The zero-order chi connectivity index (χ0) is 20.3. The van der Waals surface area contributed by atoms with E-state index in [4.69, 9.17) is 0 Å². The highest BCUT2D eigenvalue weighted by atomic mass is 16.2. The largest absolute Gasteiger partial charge is 0.346 e. The Bertz CT molecular complexity index is 1040. The fourth-order valence-corrected chi connectivity index (χ4v) is 3.04. The Morgan fingerprint density at radius 2 is 1.82 bits per heavy atom. The number of nitrogens with zero attached hydrogens (tertiary/aromatic N) is 2. The van der Waals surface area contributed by atoms with E-state index < -0.39 is 0 Å². The van der Waals surface area contributed by atoms with Gasteiger partial charge in [0, 0.05) is 18.4 Å². The summed E-state index contributed by atoms with van der Waals surface area (Å²) in [5.74, 6) is -0.565. The molecule has 0 bridgehead atoms. The number of aromatic nitrogens is 2. The Labute approximate surface area is 164 Å². The van der Waals surface area contributed by atoms with Crippen molar-refractivity contribution in [1.82, 2.24) is 14.7 Å². The lowest BCUT2D eigenvalue weighted by atomic mass is 9.86. The van der Waals surface area contributed by atoms with E-state index in [1.165, 1.54) is 0 Å². The highest BCUT2D eigenvalue weighted by Crippen LogP contribution is 2.29. The molecule has 0 spiro atoms. The molecule has 3 aromatic rings. The SMILES string of the molecule is C=CCNC(=O)c1nc(C(=O)Nc2ccccc2C(C)(C)C)c2ccccn12. The maximum absolute atomic E-state index is 13.0. The smallest absolute Gasteiger partial charge is 0.287 e. The van der Waals surface area contributed by atoms with Gasteiger partial charge in [-0.3, -0.25) is 14.0 Å². The molecule has 3 rings (SSSR count). The third kappa shape index (κ3) is 3.81. The van der Waals surface area contributed by atoms with Crippen molar-refractivity contribution in [2.45, 2.75) is 26.2 Å². The summed E-state index contributed by atoms with van der Waals surface area (Å²) >= 11 is 0. The predicted molar refractivity (Wildman–Crippen MR) is 111 cm³/mol. The molecular formula is C22H24N4O2. The second-order valence-corrected chi connectivity index (χ2v) is 7.49. The van der Waals surface area contributed by atoms with Crippen LogP contribution in [0, 0.1) is 0 Å². The predicted octanol–water partition coefficient (Wildman–Crippen LogP) is 3.80. The fourth-order valence-electron chi connectivity index (χ4n) is 3.04. The van der Waals surface area contributed by atoms with E-state index in [0.717, 1.165) is 11.3 Å². The first-order valence-electron chi connectivity index (χ1n) is 9.10. The number of carbonyl (C=O) groups is 2. The van der Waals surface area contributed by atoms with Gasteiger partial charge in [0.1, 0.15) is 0 Å². The molecule has 0 unspecified atom stereocenters. The number of fused-ring (bicyclic) bond motifs is 1. The molecule has 0 aliphatic rings. The topological polar surface area (TPSA) is 75.5 Å². The third-order valence-corrected chi connectivity index (χ3v) is 4.36. The van der Waals surface area contributed by atoms with Crippen molar-refractivity contribution >= 4 is 23.0 Å². The summed E-state index contributed by atoms with van der Waals surface area (Å²) in [6.07, 6.45) is 3.30. The van der Waals surface area contributed by atoms with Crippen LogP contribution in [0.1, 0.15) is 47.4 Å². The summed E-state index contributed by atoms with van der Waals surface area (Å²) in [6, 6.07) is 13.1. The second kappa shape index (κ2) is 7.68. The van der Waals surface area contributed by atoms with Crippen LogP contribution in [-0.4, -0.2) is 27.7 Å². The van der Waals surface area contributed by atoms with Gasteiger partial charge in [0.05, 0.1) is 5.52 Å². The summed E-state index contributed by atoms with van der Waals surface area (Å²) in [4.78, 5) is 29.8. The molecule has 0 saturated heterocycles. The first-order chi connectivity index (χ1) is 13.3. The average Bonchev–Trinajstić information content (AvgIpc) is 3.05. The van der Waals surface area contributed by atoms with Gasteiger partial charge in [0.15, 0.2) is 5.69 Å². The van der Waals surface area contributed by atoms with Gasteiger partial charge >= 0.3 is 0 Å². The normalized spacial score (nSPS) is 11.2. The Hall–Kier alpha value is -3.41. The van der Waals surface area contributed by atoms with E-state index in [9.17, 15) is 9.59 Å². The number of benzene rings is 1. The van der Waals surface area contributed by atoms with Crippen LogP contribution >= 0.6 is 0 Å². The van der Waals surface area contributed by atoms with Crippen LogP contribution in [0.4, 0.5) is 5.69 Å². The Morgan fingerprint density at radius 3 is 2.54 bits per heavy atom. The van der Waals surface area contributed by atoms with E-state index in [1.807, 2.05) is 30.3 Å². The van der Waals surface area contributed by atoms with Gasteiger partial charge in [-0.15, -0.1) is 6.58 Å². The third-order valence-electron chi connectivity index (χ3n) is 4.36. The number of carbonyl (C=O) groups excluding carboxylic acids is 2. The lowest BCUT2D eigenvalue weighted by Gasteiger charge is -2.22. The quantitative estimate of drug-likeness (QED) is 0.665. The van der Waals surface area contributed by atoms with Gasteiger partial charge in [0.2, 0.25) is 5.82 Å². The van der Waals surface area contributed by atoms with Crippen molar-refractivity contribution in [3.05, 3.63) is 78.4 Å². The highest BCUT2D eigenvalue weighted by Gasteiger charge is 2.23. The molecule has 2 aromatic heterocycles. The molecule has 2 amide bonds. The van der Waals surface area contributed by atoms with Crippen molar-refractivity contribution in [2.24, 2.45) is 0 Å². The standard InChI is InChI=1S/C22H24N4O2/c1-5-13-23-21(28)19-25-18(17-12-8-9-14-26(17)19)20(27)24-16-11-7-6-10-15(16)22(2,3)4/h5-12,14H,1,13H2,2-4H3,(H,23,28)(H,24,27). The minimum Gasteiger partial charge on any atom is -0.346 e. The molecule has 2 heterocycles. The van der Waals surface area contributed by atoms with E-state index in [1.54, 1.807) is 28.8 Å². The van der Waals surface area contributed by atoms with Gasteiger partial charge in [-0.25, -0.2) is 4.98 Å². The molecule has 28 heavy (non-hydrogen) atoms. The summed E-state index contributed by atoms with van der Waals surface area (Å²) in [7, 11) is 0. The van der Waals surface area contributed by atoms with Crippen LogP contribution in [0.5, 0.6) is 0 Å². The lowest BCUT2D eigenvalue weighted by Crippen LogP contribution is -2.25. The van der Waals surface area contributed by atoms with Crippen LogP contribution < -0.4 is 10.6 Å². The first kappa shape index (κ1) is 19.4. The molecule has 0 saturated carbocycles. The Morgan fingerprint density at radius 1 is 1.11 bits per heavy atom. The molecule has 0 atom stereocenters. The highest BCUT2D eigenvalue weighted by molar-refractivity contribution is 6.09. The number of imidazole rings is 1.